The predicted octanol–water partition coefficient (Wildman–Crippen LogP) is 1.02. The molecule has 0 atom stereocenters. The summed E-state index contributed by atoms with van der Waals surface area (Å²) in [7, 11) is 1.57. The highest BCUT2D eigenvalue weighted by molar-refractivity contribution is 5.92. The number of aliphatic carboxylic acids is 1. The van der Waals surface area contributed by atoms with Crippen molar-refractivity contribution >= 4 is 11.9 Å². The molecule has 2 N–H and O–H groups in total. The Balaban J connectivity index is 1.99. The summed E-state index contributed by atoms with van der Waals surface area (Å²) in [5, 5.41) is 15.3. The number of aromatic nitrogens is 2. The Kier molecular flexibility index (Phi) is 5.91. The Morgan fingerprint density at radius 2 is 2.12 bits per heavy atom. The van der Waals surface area contributed by atoms with Gasteiger partial charge in [-0.1, -0.05) is 6.07 Å². The number of rotatable bonds is 8. The highest BCUT2D eigenvalue weighted by Gasteiger charge is 2.12. The molecule has 0 unspecified atom stereocenters. The molecule has 0 aliphatic carbocycles. The van der Waals surface area contributed by atoms with Crippen molar-refractivity contribution < 1.29 is 24.2 Å². The van der Waals surface area contributed by atoms with Crippen molar-refractivity contribution in [2.75, 3.05) is 26.9 Å². The van der Waals surface area contributed by atoms with E-state index in [9.17, 15) is 9.59 Å². The van der Waals surface area contributed by atoms with Gasteiger partial charge in [-0.25, -0.2) is 9.48 Å². The molecular weight excluding hydrogens is 314 g/mol. The van der Waals surface area contributed by atoms with Crippen molar-refractivity contribution in [3.63, 3.8) is 0 Å². The molecule has 0 saturated heterocycles. The summed E-state index contributed by atoms with van der Waals surface area (Å²) < 4.78 is 11.7. The number of carboxylic acid groups (broad SMARTS) is 1. The molecule has 8 heteroatoms. The normalized spacial score (nSPS) is 10.4. The first-order valence-electron chi connectivity index (χ1n) is 7.29. The maximum atomic E-state index is 12.0. The van der Waals surface area contributed by atoms with E-state index in [0.717, 1.165) is 11.3 Å². The third-order valence-electron chi connectivity index (χ3n) is 3.16. The fourth-order valence-electron chi connectivity index (χ4n) is 2.05. The van der Waals surface area contributed by atoms with E-state index < -0.39 is 12.6 Å². The lowest BCUT2D eigenvalue weighted by atomic mass is 10.2. The van der Waals surface area contributed by atoms with Gasteiger partial charge in [-0.3, -0.25) is 4.79 Å². The van der Waals surface area contributed by atoms with Gasteiger partial charge in [-0.2, -0.15) is 5.10 Å². The van der Waals surface area contributed by atoms with Gasteiger partial charge in [0.1, 0.15) is 18.0 Å². The van der Waals surface area contributed by atoms with Crippen LogP contribution in [0.25, 0.3) is 5.69 Å². The zero-order valence-corrected chi connectivity index (χ0v) is 13.5. The molecule has 1 heterocycles. The van der Waals surface area contributed by atoms with Crippen LogP contribution in [-0.2, 0) is 9.53 Å². The van der Waals surface area contributed by atoms with Crippen molar-refractivity contribution in [3.8, 4) is 11.4 Å². The van der Waals surface area contributed by atoms with Gasteiger partial charge in [-0.05, 0) is 30.7 Å². The molecule has 8 nitrogen and oxygen atoms in total. The minimum Gasteiger partial charge on any atom is -0.494 e. The molecular formula is C16H19N3O5. The number of aryl methyl sites for hydroxylation is 1. The Bertz CT molecular complexity index is 726. The van der Waals surface area contributed by atoms with Crippen molar-refractivity contribution in [1.29, 1.82) is 0 Å². The van der Waals surface area contributed by atoms with E-state index in [1.165, 1.54) is 0 Å². The number of hydrogen-bond donors (Lipinski definition) is 2. The van der Waals surface area contributed by atoms with Crippen molar-refractivity contribution in [2.45, 2.75) is 6.92 Å². The van der Waals surface area contributed by atoms with Crippen LogP contribution >= 0.6 is 0 Å². The Morgan fingerprint density at radius 1 is 1.33 bits per heavy atom. The lowest BCUT2D eigenvalue weighted by Crippen LogP contribution is -2.28. The standard InChI is InChI=1S/C16H19N3O5/c1-11-3-4-14(23-2)13(9-11)19-7-5-12(18-19)16(22)17-6-8-24-10-15(20)21/h3-5,7,9H,6,8,10H2,1-2H3,(H,17,22)(H,20,21). The van der Waals surface area contributed by atoms with Crippen LogP contribution in [0.4, 0.5) is 0 Å². The van der Waals surface area contributed by atoms with Crippen molar-refractivity contribution in [1.82, 2.24) is 15.1 Å². The summed E-state index contributed by atoms with van der Waals surface area (Å²) in [6.07, 6.45) is 1.67. The number of nitrogens with one attached hydrogen (secondary N) is 1. The van der Waals surface area contributed by atoms with E-state index >= 15 is 0 Å². The molecule has 1 amide bonds. The number of nitrogens with zero attached hydrogens (tertiary/aromatic N) is 2. The summed E-state index contributed by atoms with van der Waals surface area (Å²) in [5.74, 6) is -0.760. The zero-order chi connectivity index (χ0) is 17.5. The fraction of sp³-hybridized carbons (Fsp3) is 0.312. The van der Waals surface area contributed by atoms with Gasteiger partial charge in [-0.15, -0.1) is 0 Å². The fourth-order valence-corrected chi connectivity index (χ4v) is 2.05. The largest absolute Gasteiger partial charge is 0.494 e. The quantitative estimate of drug-likeness (QED) is 0.699. The number of amides is 1. The number of benzene rings is 1. The van der Waals surface area contributed by atoms with Crippen LogP contribution in [0.15, 0.2) is 30.5 Å². The summed E-state index contributed by atoms with van der Waals surface area (Å²) in [4.78, 5) is 22.3. The molecule has 2 aromatic rings. The second-order valence-electron chi connectivity index (χ2n) is 5.02. The number of hydrogen-bond acceptors (Lipinski definition) is 5. The lowest BCUT2D eigenvalue weighted by molar-refractivity contribution is -0.142. The van der Waals surface area contributed by atoms with Gasteiger partial charge in [0, 0.05) is 12.7 Å². The SMILES string of the molecule is COc1ccc(C)cc1-n1ccc(C(=O)NCCOCC(=O)O)n1. The Morgan fingerprint density at radius 3 is 2.83 bits per heavy atom. The molecule has 0 fully saturated rings. The summed E-state index contributed by atoms with van der Waals surface area (Å²) >= 11 is 0. The summed E-state index contributed by atoms with van der Waals surface area (Å²) in [6, 6.07) is 7.27. The van der Waals surface area contributed by atoms with E-state index in [1.54, 1.807) is 24.1 Å². The highest BCUT2D eigenvalue weighted by atomic mass is 16.5. The van der Waals surface area contributed by atoms with Crippen LogP contribution in [0.3, 0.4) is 0 Å². The van der Waals surface area contributed by atoms with E-state index in [2.05, 4.69) is 10.4 Å². The third-order valence-corrected chi connectivity index (χ3v) is 3.16. The summed E-state index contributed by atoms with van der Waals surface area (Å²) in [6.45, 7) is 1.88. The monoisotopic (exact) mass is 333 g/mol. The minimum atomic E-state index is -1.05. The first kappa shape index (κ1) is 17.5. The number of carboxylic acids is 1. The Hall–Kier alpha value is -2.87. The average molecular weight is 333 g/mol. The third kappa shape index (κ3) is 4.56. The Labute approximate surface area is 139 Å². The van der Waals surface area contributed by atoms with Gasteiger partial charge in [0.25, 0.3) is 5.91 Å². The van der Waals surface area contributed by atoms with Crippen molar-refractivity contribution in [2.24, 2.45) is 0 Å². The van der Waals surface area contributed by atoms with Crippen LogP contribution in [0.2, 0.25) is 0 Å². The van der Waals surface area contributed by atoms with Crippen LogP contribution in [0.5, 0.6) is 5.75 Å². The van der Waals surface area contributed by atoms with E-state index in [-0.39, 0.29) is 24.8 Å². The van der Waals surface area contributed by atoms with Gasteiger partial charge < -0.3 is 19.9 Å². The first-order chi connectivity index (χ1) is 11.5. The van der Waals surface area contributed by atoms with E-state index in [4.69, 9.17) is 14.6 Å². The van der Waals surface area contributed by atoms with Crippen LogP contribution in [-0.4, -0.2) is 53.6 Å². The molecule has 0 bridgehead atoms. The molecule has 0 aliphatic rings. The van der Waals surface area contributed by atoms with Gasteiger partial charge in [0.15, 0.2) is 5.69 Å². The van der Waals surface area contributed by atoms with E-state index in [1.807, 2.05) is 25.1 Å². The van der Waals surface area contributed by atoms with Gasteiger partial charge in [0.2, 0.25) is 0 Å². The molecule has 128 valence electrons. The second-order valence-corrected chi connectivity index (χ2v) is 5.02. The molecule has 2 rings (SSSR count). The number of methoxy groups -OCH3 is 1. The van der Waals surface area contributed by atoms with Crippen LogP contribution in [0.1, 0.15) is 16.1 Å². The topological polar surface area (TPSA) is 103 Å². The lowest BCUT2D eigenvalue weighted by Gasteiger charge is -2.09. The zero-order valence-electron chi connectivity index (χ0n) is 13.5. The molecule has 0 spiro atoms. The minimum absolute atomic E-state index is 0.116. The molecule has 0 radical (unpaired) electrons. The maximum absolute atomic E-state index is 12.0. The highest BCUT2D eigenvalue weighted by Crippen LogP contribution is 2.23. The predicted molar refractivity (Wildman–Crippen MR) is 85.6 cm³/mol. The molecule has 1 aromatic carbocycles. The second kappa shape index (κ2) is 8.11. The molecule has 24 heavy (non-hydrogen) atoms. The summed E-state index contributed by atoms with van der Waals surface area (Å²) in [5.41, 5.74) is 2.03. The van der Waals surface area contributed by atoms with Gasteiger partial charge in [0.05, 0.1) is 13.7 Å². The number of carbonyl (C=O) groups excluding carboxylic acids is 1. The average Bonchev–Trinajstić information content (AvgIpc) is 3.04. The van der Waals surface area contributed by atoms with Crippen LogP contribution < -0.4 is 10.1 Å². The van der Waals surface area contributed by atoms with E-state index in [0.29, 0.717) is 5.75 Å². The number of carbonyl (C=O) groups is 2. The van der Waals surface area contributed by atoms with Crippen LogP contribution in [0, 0.1) is 6.92 Å². The number of ether oxygens (including phenoxy) is 2. The molecule has 0 aliphatic heterocycles. The van der Waals surface area contributed by atoms with Crippen molar-refractivity contribution in [3.05, 3.63) is 41.7 Å². The first-order valence-corrected chi connectivity index (χ1v) is 7.29. The smallest absolute Gasteiger partial charge is 0.329 e. The molecule has 1 aromatic heterocycles. The molecule has 0 saturated carbocycles. The van der Waals surface area contributed by atoms with Gasteiger partial charge >= 0.3 is 5.97 Å². The maximum Gasteiger partial charge on any atom is 0.329 e.